The second-order valence-electron chi connectivity index (χ2n) is 5.22. The Morgan fingerprint density at radius 2 is 2.16 bits per heavy atom. The summed E-state index contributed by atoms with van der Waals surface area (Å²) in [5, 5.41) is 9.70. The molecule has 3 unspecified atom stereocenters. The van der Waals surface area contributed by atoms with Gasteiger partial charge in [-0.05, 0) is 36.6 Å². The summed E-state index contributed by atoms with van der Waals surface area (Å²) in [6.45, 7) is 6.81. The van der Waals surface area contributed by atoms with E-state index in [9.17, 15) is 5.11 Å². The van der Waals surface area contributed by atoms with Crippen LogP contribution in [0.4, 0.5) is 0 Å². The normalized spacial score (nSPS) is 26.3. The molecule has 3 nitrogen and oxygen atoms in total. The van der Waals surface area contributed by atoms with Gasteiger partial charge in [-0.15, -0.1) is 0 Å². The first-order valence-corrected chi connectivity index (χ1v) is 7.58. The summed E-state index contributed by atoms with van der Waals surface area (Å²) < 4.78 is 12.6. The molecule has 106 valence electrons. The Bertz CT molecular complexity index is 433. The van der Waals surface area contributed by atoms with Crippen molar-refractivity contribution in [1.82, 2.24) is 0 Å². The van der Waals surface area contributed by atoms with Gasteiger partial charge in [0.05, 0.1) is 6.10 Å². The molecule has 1 N–H and O–H groups in total. The monoisotopic (exact) mass is 328 g/mol. The van der Waals surface area contributed by atoms with Crippen LogP contribution in [-0.4, -0.2) is 30.0 Å². The van der Waals surface area contributed by atoms with Crippen molar-refractivity contribution >= 4 is 15.9 Å². The van der Waals surface area contributed by atoms with Crippen molar-refractivity contribution in [3.05, 3.63) is 28.2 Å². The van der Waals surface area contributed by atoms with Crippen molar-refractivity contribution in [2.75, 3.05) is 6.61 Å². The summed E-state index contributed by atoms with van der Waals surface area (Å²) >= 11 is 3.49. The summed E-state index contributed by atoms with van der Waals surface area (Å²) in [6, 6.07) is 6.05. The summed E-state index contributed by atoms with van der Waals surface area (Å²) in [5.74, 6) is 1.28. The van der Waals surface area contributed by atoms with Crippen molar-refractivity contribution in [3.8, 4) is 5.75 Å². The van der Waals surface area contributed by atoms with Crippen LogP contribution in [0.5, 0.6) is 5.75 Å². The van der Waals surface area contributed by atoms with Gasteiger partial charge in [-0.1, -0.05) is 29.8 Å². The quantitative estimate of drug-likeness (QED) is 0.899. The van der Waals surface area contributed by atoms with Gasteiger partial charge in [0, 0.05) is 17.5 Å². The Labute approximate surface area is 123 Å². The van der Waals surface area contributed by atoms with Crippen molar-refractivity contribution in [1.29, 1.82) is 0 Å². The number of hydrogen-bond donors (Lipinski definition) is 1. The minimum atomic E-state index is -0.400. The fourth-order valence-corrected chi connectivity index (χ4v) is 2.70. The number of halogens is 1. The highest BCUT2D eigenvalue weighted by molar-refractivity contribution is 9.10. The van der Waals surface area contributed by atoms with E-state index in [-0.39, 0.29) is 12.2 Å². The van der Waals surface area contributed by atoms with Crippen molar-refractivity contribution < 1.29 is 14.6 Å². The van der Waals surface area contributed by atoms with Crippen molar-refractivity contribution in [2.24, 2.45) is 0 Å². The lowest BCUT2D eigenvalue weighted by Crippen LogP contribution is -2.55. The molecule has 0 bridgehead atoms. The molecule has 0 saturated heterocycles. The highest BCUT2D eigenvalue weighted by Crippen LogP contribution is 2.34. The first-order chi connectivity index (χ1) is 9.02. The van der Waals surface area contributed by atoms with Gasteiger partial charge in [-0.3, -0.25) is 0 Å². The van der Waals surface area contributed by atoms with Crippen LogP contribution in [0.1, 0.15) is 38.7 Å². The highest BCUT2D eigenvalue weighted by Gasteiger charge is 2.42. The van der Waals surface area contributed by atoms with Crippen LogP contribution in [0.15, 0.2) is 22.7 Å². The summed E-state index contributed by atoms with van der Waals surface area (Å²) in [5.41, 5.74) is 1.17. The molecule has 0 amide bonds. The van der Waals surface area contributed by atoms with E-state index in [4.69, 9.17) is 9.47 Å². The van der Waals surface area contributed by atoms with Crippen LogP contribution in [-0.2, 0) is 4.74 Å². The van der Waals surface area contributed by atoms with Crippen LogP contribution in [0, 0.1) is 0 Å². The van der Waals surface area contributed by atoms with Gasteiger partial charge in [0.1, 0.15) is 18.0 Å². The van der Waals surface area contributed by atoms with Crippen LogP contribution in [0.25, 0.3) is 0 Å². The zero-order valence-electron chi connectivity index (χ0n) is 11.6. The number of hydrogen-bond acceptors (Lipinski definition) is 3. The molecule has 19 heavy (non-hydrogen) atoms. The molecule has 2 rings (SSSR count). The topological polar surface area (TPSA) is 38.7 Å². The molecule has 1 aliphatic carbocycles. The third-order valence-corrected chi connectivity index (χ3v) is 3.94. The van der Waals surface area contributed by atoms with E-state index in [0.29, 0.717) is 18.9 Å². The lowest BCUT2D eigenvalue weighted by Gasteiger charge is -2.41. The first kappa shape index (κ1) is 14.8. The van der Waals surface area contributed by atoms with Gasteiger partial charge in [-0.2, -0.15) is 0 Å². The molecular weight excluding hydrogens is 308 g/mol. The second kappa shape index (κ2) is 6.25. The molecule has 0 aliphatic heterocycles. The van der Waals surface area contributed by atoms with E-state index < -0.39 is 6.10 Å². The molecule has 1 fully saturated rings. The maximum absolute atomic E-state index is 9.70. The summed E-state index contributed by atoms with van der Waals surface area (Å²) in [4.78, 5) is 0. The Morgan fingerprint density at radius 3 is 2.74 bits per heavy atom. The van der Waals surface area contributed by atoms with Gasteiger partial charge < -0.3 is 14.6 Å². The van der Waals surface area contributed by atoms with Crippen LogP contribution < -0.4 is 4.74 Å². The van der Waals surface area contributed by atoms with E-state index in [1.54, 1.807) is 0 Å². The standard InChI is InChI=1S/C15H21BrO3/c1-4-18-15-12(17)8-14(15)19-13-6-5-10(16)7-11(13)9(2)3/h5-7,9,12,14-15,17H,4,8H2,1-3H3. The number of aliphatic hydroxyl groups excluding tert-OH is 1. The fourth-order valence-electron chi connectivity index (χ4n) is 2.33. The Hall–Kier alpha value is -0.580. The minimum absolute atomic E-state index is 0.0476. The third kappa shape index (κ3) is 3.30. The number of rotatable bonds is 5. The lowest BCUT2D eigenvalue weighted by molar-refractivity contribution is -0.160. The molecule has 1 aromatic rings. The molecule has 1 aliphatic rings. The smallest absolute Gasteiger partial charge is 0.130 e. The van der Waals surface area contributed by atoms with E-state index >= 15 is 0 Å². The van der Waals surface area contributed by atoms with Crippen LogP contribution >= 0.6 is 15.9 Å². The molecule has 3 atom stereocenters. The lowest BCUT2D eigenvalue weighted by atomic mass is 9.87. The Balaban J connectivity index is 2.11. The zero-order valence-corrected chi connectivity index (χ0v) is 13.2. The van der Waals surface area contributed by atoms with E-state index in [1.807, 2.05) is 19.1 Å². The summed E-state index contributed by atoms with van der Waals surface area (Å²) in [6.07, 6.45) is -0.0108. The number of benzene rings is 1. The van der Waals surface area contributed by atoms with Crippen molar-refractivity contribution in [3.63, 3.8) is 0 Å². The van der Waals surface area contributed by atoms with Crippen LogP contribution in [0.3, 0.4) is 0 Å². The molecule has 1 aromatic carbocycles. The maximum Gasteiger partial charge on any atom is 0.130 e. The fraction of sp³-hybridized carbons (Fsp3) is 0.600. The zero-order chi connectivity index (χ0) is 14.0. The maximum atomic E-state index is 9.70. The van der Waals surface area contributed by atoms with Crippen LogP contribution in [0.2, 0.25) is 0 Å². The van der Waals surface area contributed by atoms with Gasteiger partial charge in [0.25, 0.3) is 0 Å². The van der Waals surface area contributed by atoms with E-state index in [1.165, 1.54) is 5.56 Å². The van der Waals surface area contributed by atoms with Gasteiger partial charge >= 0.3 is 0 Å². The van der Waals surface area contributed by atoms with E-state index in [2.05, 4.69) is 35.8 Å². The number of ether oxygens (including phenoxy) is 2. The van der Waals surface area contributed by atoms with Gasteiger partial charge in [-0.25, -0.2) is 0 Å². The SMILES string of the molecule is CCOC1C(O)CC1Oc1ccc(Br)cc1C(C)C. The Morgan fingerprint density at radius 1 is 1.42 bits per heavy atom. The predicted molar refractivity (Wildman–Crippen MR) is 78.7 cm³/mol. The largest absolute Gasteiger partial charge is 0.487 e. The van der Waals surface area contributed by atoms with Gasteiger partial charge in [0.15, 0.2) is 0 Å². The molecule has 1 saturated carbocycles. The Kier molecular flexibility index (Phi) is 4.87. The van der Waals surface area contributed by atoms with Gasteiger partial charge in [0.2, 0.25) is 0 Å². The predicted octanol–water partition coefficient (Wildman–Crippen LogP) is 3.49. The average molecular weight is 329 g/mol. The first-order valence-electron chi connectivity index (χ1n) is 6.78. The average Bonchev–Trinajstić information content (AvgIpc) is 2.37. The molecule has 0 heterocycles. The molecule has 0 radical (unpaired) electrons. The second-order valence-corrected chi connectivity index (χ2v) is 6.13. The number of aliphatic hydroxyl groups is 1. The molecular formula is C15H21BrO3. The minimum Gasteiger partial charge on any atom is -0.487 e. The highest BCUT2D eigenvalue weighted by atomic mass is 79.9. The van der Waals surface area contributed by atoms with Crippen molar-refractivity contribution in [2.45, 2.75) is 51.4 Å². The molecule has 0 spiro atoms. The van der Waals surface area contributed by atoms with E-state index in [0.717, 1.165) is 10.2 Å². The molecule has 0 aromatic heterocycles. The molecule has 4 heteroatoms. The third-order valence-electron chi connectivity index (χ3n) is 3.45. The summed E-state index contributed by atoms with van der Waals surface area (Å²) in [7, 11) is 0.